The van der Waals surface area contributed by atoms with Crippen LogP contribution < -0.4 is 5.32 Å². The topological polar surface area (TPSA) is 34.1 Å². The molecule has 0 amide bonds. The maximum absolute atomic E-state index is 6.09. The first-order chi connectivity index (χ1) is 8.16. The van der Waals surface area contributed by atoms with E-state index in [1.54, 1.807) is 11.3 Å². The van der Waals surface area contributed by atoms with E-state index in [9.17, 15) is 0 Å². The number of hydrogen-bond donors (Lipinski definition) is 1. The molecule has 0 radical (unpaired) electrons. The van der Waals surface area contributed by atoms with E-state index in [0.29, 0.717) is 6.61 Å². The monoisotopic (exact) mass is 270 g/mol. The van der Waals surface area contributed by atoms with Crippen molar-refractivity contribution in [1.82, 2.24) is 4.98 Å². The predicted octanol–water partition coefficient (Wildman–Crippen LogP) is 3.79. The minimum absolute atomic E-state index is 0.265. The van der Waals surface area contributed by atoms with E-state index in [1.165, 1.54) is 0 Å². The number of thiazole rings is 1. The zero-order chi connectivity index (χ0) is 12.3. The fourth-order valence-corrected chi connectivity index (χ4v) is 2.62. The van der Waals surface area contributed by atoms with Crippen molar-refractivity contribution in [3.8, 4) is 0 Å². The number of benzene rings is 1. The molecule has 17 heavy (non-hydrogen) atoms. The Morgan fingerprint density at radius 1 is 1.47 bits per heavy atom. The third-order valence-electron chi connectivity index (χ3n) is 2.20. The SMILES string of the molecule is CC(C)OCCNc1nc2cccc(Cl)c2s1. The maximum Gasteiger partial charge on any atom is 0.183 e. The lowest BCUT2D eigenvalue weighted by Gasteiger charge is -2.07. The Labute approximate surface area is 110 Å². The van der Waals surface area contributed by atoms with Gasteiger partial charge in [0.25, 0.3) is 0 Å². The molecule has 1 heterocycles. The lowest BCUT2D eigenvalue weighted by atomic mass is 10.3. The predicted molar refractivity (Wildman–Crippen MR) is 74.2 cm³/mol. The molecular weight excluding hydrogens is 256 g/mol. The summed E-state index contributed by atoms with van der Waals surface area (Å²) < 4.78 is 6.48. The highest BCUT2D eigenvalue weighted by molar-refractivity contribution is 7.22. The van der Waals surface area contributed by atoms with Crippen LogP contribution in [0, 0.1) is 0 Å². The number of anilines is 1. The van der Waals surface area contributed by atoms with Gasteiger partial charge in [-0.3, -0.25) is 0 Å². The number of nitrogens with one attached hydrogen (secondary N) is 1. The van der Waals surface area contributed by atoms with E-state index in [4.69, 9.17) is 16.3 Å². The number of halogens is 1. The van der Waals surface area contributed by atoms with Crippen molar-refractivity contribution in [3.63, 3.8) is 0 Å². The number of hydrogen-bond acceptors (Lipinski definition) is 4. The molecule has 0 saturated heterocycles. The van der Waals surface area contributed by atoms with Gasteiger partial charge in [-0.15, -0.1) is 0 Å². The van der Waals surface area contributed by atoms with Gasteiger partial charge in [-0.1, -0.05) is 29.0 Å². The van der Waals surface area contributed by atoms with Crippen molar-refractivity contribution in [1.29, 1.82) is 0 Å². The van der Waals surface area contributed by atoms with Crippen molar-refractivity contribution >= 4 is 38.3 Å². The molecule has 0 fully saturated rings. The zero-order valence-electron chi connectivity index (χ0n) is 9.87. The average Bonchev–Trinajstić information content (AvgIpc) is 2.69. The van der Waals surface area contributed by atoms with E-state index in [0.717, 1.165) is 26.9 Å². The summed E-state index contributed by atoms with van der Waals surface area (Å²) in [5.41, 5.74) is 0.940. The fraction of sp³-hybridized carbons (Fsp3) is 0.417. The van der Waals surface area contributed by atoms with Crippen molar-refractivity contribution in [2.24, 2.45) is 0 Å². The van der Waals surface area contributed by atoms with E-state index in [-0.39, 0.29) is 6.10 Å². The van der Waals surface area contributed by atoms with Gasteiger partial charge >= 0.3 is 0 Å². The molecule has 0 aliphatic heterocycles. The lowest BCUT2D eigenvalue weighted by Crippen LogP contribution is -2.12. The van der Waals surface area contributed by atoms with Crippen LogP contribution in [-0.4, -0.2) is 24.2 Å². The second kappa shape index (κ2) is 5.67. The zero-order valence-corrected chi connectivity index (χ0v) is 11.4. The molecule has 1 aromatic heterocycles. The Morgan fingerprint density at radius 2 is 2.29 bits per heavy atom. The Bertz CT molecular complexity index is 498. The van der Waals surface area contributed by atoms with Crippen LogP contribution >= 0.6 is 22.9 Å². The summed E-state index contributed by atoms with van der Waals surface area (Å²) in [6, 6.07) is 5.76. The van der Waals surface area contributed by atoms with E-state index in [1.807, 2.05) is 32.0 Å². The molecule has 0 bridgehead atoms. The molecule has 0 atom stereocenters. The normalized spacial score (nSPS) is 11.3. The fourth-order valence-electron chi connectivity index (χ4n) is 1.44. The highest BCUT2D eigenvalue weighted by atomic mass is 35.5. The number of aromatic nitrogens is 1. The number of nitrogens with zero attached hydrogens (tertiary/aromatic N) is 1. The molecule has 0 unspecified atom stereocenters. The third-order valence-corrected chi connectivity index (χ3v) is 3.69. The van der Waals surface area contributed by atoms with Gasteiger partial charge in [-0.05, 0) is 26.0 Å². The third kappa shape index (κ3) is 3.31. The first kappa shape index (κ1) is 12.6. The lowest BCUT2D eigenvalue weighted by molar-refractivity contribution is 0.0870. The molecule has 0 saturated carbocycles. The molecule has 5 heteroatoms. The van der Waals surface area contributed by atoms with Crippen LogP contribution in [0.15, 0.2) is 18.2 Å². The van der Waals surface area contributed by atoms with Crippen LogP contribution in [0.1, 0.15) is 13.8 Å². The molecule has 1 aromatic carbocycles. The summed E-state index contributed by atoms with van der Waals surface area (Å²) in [5.74, 6) is 0. The summed E-state index contributed by atoms with van der Waals surface area (Å²) in [6.07, 6.45) is 0.265. The first-order valence-electron chi connectivity index (χ1n) is 5.57. The van der Waals surface area contributed by atoms with Gasteiger partial charge in [-0.2, -0.15) is 0 Å². The summed E-state index contributed by atoms with van der Waals surface area (Å²) in [7, 11) is 0. The minimum Gasteiger partial charge on any atom is -0.377 e. The molecule has 0 aliphatic carbocycles. The van der Waals surface area contributed by atoms with Gasteiger partial charge in [-0.25, -0.2) is 4.98 Å². The van der Waals surface area contributed by atoms with Gasteiger partial charge in [0, 0.05) is 6.54 Å². The number of ether oxygens (including phenoxy) is 1. The van der Waals surface area contributed by atoms with Crippen molar-refractivity contribution < 1.29 is 4.74 Å². The van der Waals surface area contributed by atoms with Crippen LogP contribution in [0.2, 0.25) is 5.02 Å². The molecule has 92 valence electrons. The molecule has 0 aliphatic rings. The van der Waals surface area contributed by atoms with Gasteiger partial charge in [0.1, 0.15) is 0 Å². The summed E-state index contributed by atoms with van der Waals surface area (Å²) in [6.45, 7) is 5.49. The first-order valence-corrected chi connectivity index (χ1v) is 6.77. The second-order valence-electron chi connectivity index (χ2n) is 3.95. The summed E-state index contributed by atoms with van der Waals surface area (Å²) in [4.78, 5) is 4.46. The Balaban J connectivity index is 1.98. The van der Waals surface area contributed by atoms with E-state index >= 15 is 0 Å². The van der Waals surface area contributed by atoms with Gasteiger partial charge in [0.2, 0.25) is 0 Å². The van der Waals surface area contributed by atoms with Crippen LogP contribution in [0.25, 0.3) is 10.2 Å². The smallest absolute Gasteiger partial charge is 0.183 e. The van der Waals surface area contributed by atoms with Crippen LogP contribution in [-0.2, 0) is 4.74 Å². The van der Waals surface area contributed by atoms with Crippen LogP contribution in [0.5, 0.6) is 0 Å². The van der Waals surface area contributed by atoms with Crippen LogP contribution in [0.3, 0.4) is 0 Å². The maximum atomic E-state index is 6.09. The Hall–Kier alpha value is -0.840. The van der Waals surface area contributed by atoms with E-state index in [2.05, 4.69) is 10.3 Å². The minimum atomic E-state index is 0.265. The second-order valence-corrected chi connectivity index (χ2v) is 5.36. The molecule has 1 N–H and O–H groups in total. The van der Waals surface area contributed by atoms with Crippen molar-refractivity contribution in [2.75, 3.05) is 18.5 Å². The highest BCUT2D eigenvalue weighted by Crippen LogP contribution is 2.31. The molecule has 2 aromatic rings. The number of fused-ring (bicyclic) bond motifs is 1. The molecule has 0 spiro atoms. The largest absolute Gasteiger partial charge is 0.377 e. The van der Waals surface area contributed by atoms with Crippen LogP contribution in [0.4, 0.5) is 5.13 Å². The number of rotatable bonds is 5. The Kier molecular flexibility index (Phi) is 4.20. The van der Waals surface area contributed by atoms with E-state index < -0.39 is 0 Å². The Morgan fingerprint density at radius 3 is 3.00 bits per heavy atom. The molecule has 2 rings (SSSR count). The summed E-state index contributed by atoms with van der Waals surface area (Å²) in [5, 5.41) is 4.89. The van der Waals surface area contributed by atoms with Crippen molar-refractivity contribution in [3.05, 3.63) is 23.2 Å². The average molecular weight is 271 g/mol. The van der Waals surface area contributed by atoms with Gasteiger partial charge in [0.05, 0.1) is 28.0 Å². The molecule has 3 nitrogen and oxygen atoms in total. The van der Waals surface area contributed by atoms with Crippen molar-refractivity contribution in [2.45, 2.75) is 20.0 Å². The highest BCUT2D eigenvalue weighted by Gasteiger charge is 2.05. The van der Waals surface area contributed by atoms with Gasteiger partial charge in [0.15, 0.2) is 5.13 Å². The summed E-state index contributed by atoms with van der Waals surface area (Å²) >= 11 is 7.66. The molecular formula is C12H15ClN2OS. The quantitative estimate of drug-likeness (QED) is 0.840. The van der Waals surface area contributed by atoms with Gasteiger partial charge < -0.3 is 10.1 Å². The standard InChI is InChI=1S/C12H15ClN2OS/c1-8(2)16-7-6-14-12-15-10-5-3-4-9(13)11(10)17-12/h3-5,8H,6-7H2,1-2H3,(H,14,15).